The highest BCUT2D eigenvalue weighted by Crippen LogP contribution is 2.28. The standard InChI is InChI=1S/C11H13FO3/c12-9-3-1-2-8(6-9)11-14-7-10(15-11)4-5-13/h1-3,6,10-11,13H,4-5,7H2. The summed E-state index contributed by atoms with van der Waals surface area (Å²) in [6, 6.07) is 6.15. The molecule has 2 unspecified atom stereocenters. The van der Waals surface area contributed by atoms with E-state index in [0.29, 0.717) is 18.6 Å². The van der Waals surface area contributed by atoms with Gasteiger partial charge in [0.1, 0.15) is 5.82 Å². The molecule has 1 aromatic rings. The van der Waals surface area contributed by atoms with Crippen LogP contribution in [-0.4, -0.2) is 24.4 Å². The van der Waals surface area contributed by atoms with Gasteiger partial charge in [-0.2, -0.15) is 0 Å². The van der Waals surface area contributed by atoms with Crippen molar-refractivity contribution in [2.75, 3.05) is 13.2 Å². The zero-order chi connectivity index (χ0) is 10.7. The van der Waals surface area contributed by atoms with Crippen LogP contribution in [0.25, 0.3) is 0 Å². The normalized spacial score (nSPS) is 25.7. The molecule has 2 rings (SSSR count). The second-order valence-electron chi connectivity index (χ2n) is 3.49. The molecule has 1 heterocycles. The van der Waals surface area contributed by atoms with Gasteiger partial charge in [0.25, 0.3) is 0 Å². The van der Waals surface area contributed by atoms with Crippen molar-refractivity contribution in [1.82, 2.24) is 0 Å². The van der Waals surface area contributed by atoms with Gasteiger partial charge in [0.2, 0.25) is 0 Å². The van der Waals surface area contributed by atoms with E-state index in [2.05, 4.69) is 0 Å². The molecule has 0 aromatic heterocycles. The maximum atomic E-state index is 12.9. The number of benzene rings is 1. The lowest BCUT2D eigenvalue weighted by molar-refractivity contribution is -0.0629. The Bertz CT molecular complexity index is 329. The Kier molecular flexibility index (Phi) is 3.30. The van der Waals surface area contributed by atoms with E-state index >= 15 is 0 Å². The topological polar surface area (TPSA) is 38.7 Å². The van der Waals surface area contributed by atoms with Gasteiger partial charge in [0.05, 0.1) is 12.7 Å². The largest absolute Gasteiger partial charge is 0.396 e. The number of aliphatic hydroxyl groups is 1. The van der Waals surface area contributed by atoms with Crippen molar-refractivity contribution in [3.63, 3.8) is 0 Å². The average Bonchev–Trinajstić information content (AvgIpc) is 2.67. The van der Waals surface area contributed by atoms with Crippen molar-refractivity contribution in [2.24, 2.45) is 0 Å². The van der Waals surface area contributed by atoms with Gasteiger partial charge in [0.15, 0.2) is 6.29 Å². The smallest absolute Gasteiger partial charge is 0.184 e. The van der Waals surface area contributed by atoms with Gasteiger partial charge in [-0.05, 0) is 18.6 Å². The molecule has 82 valence electrons. The van der Waals surface area contributed by atoms with Crippen LogP contribution in [0.15, 0.2) is 24.3 Å². The van der Waals surface area contributed by atoms with E-state index in [9.17, 15) is 4.39 Å². The molecule has 1 aliphatic rings. The molecule has 0 aliphatic carbocycles. The summed E-state index contributed by atoms with van der Waals surface area (Å²) in [7, 11) is 0. The van der Waals surface area contributed by atoms with Crippen LogP contribution in [0.2, 0.25) is 0 Å². The summed E-state index contributed by atoms with van der Waals surface area (Å²) in [6.45, 7) is 0.519. The molecule has 1 fully saturated rings. The van der Waals surface area contributed by atoms with Crippen LogP contribution in [0.1, 0.15) is 18.3 Å². The number of rotatable bonds is 3. The first-order valence-corrected chi connectivity index (χ1v) is 4.93. The quantitative estimate of drug-likeness (QED) is 0.827. The van der Waals surface area contributed by atoms with Crippen LogP contribution >= 0.6 is 0 Å². The van der Waals surface area contributed by atoms with Crippen LogP contribution < -0.4 is 0 Å². The first-order valence-electron chi connectivity index (χ1n) is 4.93. The number of halogens is 1. The van der Waals surface area contributed by atoms with E-state index in [1.54, 1.807) is 12.1 Å². The van der Waals surface area contributed by atoms with E-state index in [1.807, 2.05) is 0 Å². The SMILES string of the molecule is OCCC1COC(c2cccc(F)c2)O1. The highest BCUT2D eigenvalue weighted by atomic mass is 19.1. The van der Waals surface area contributed by atoms with Gasteiger partial charge in [-0.25, -0.2) is 4.39 Å². The summed E-state index contributed by atoms with van der Waals surface area (Å²) >= 11 is 0. The van der Waals surface area contributed by atoms with Crippen LogP contribution in [0.4, 0.5) is 4.39 Å². The molecule has 0 amide bonds. The first-order chi connectivity index (χ1) is 7.29. The van der Waals surface area contributed by atoms with Crippen LogP contribution in [0.3, 0.4) is 0 Å². The lowest BCUT2D eigenvalue weighted by Crippen LogP contribution is -2.11. The molecule has 1 N–H and O–H groups in total. The molecule has 4 heteroatoms. The molecule has 0 spiro atoms. The van der Waals surface area contributed by atoms with E-state index in [4.69, 9.17) is 14.6 Å². The van der Waals surface area contributed by atoms with Gasteiger partial charge in [-0.15, -0.1) is 0 Å². The third-order valence-electron chi connectivity index (χ3n) is 2.32. The molecule has 15 heavy (non-hydrogen) atoms. The molecule has 0 bridgehead atoms. The molecular formula is C11H13FO3. The lowest BCUT2D eigenvalue weighted by atomic mass is 10.2. The fourth-order valence-corrected chi connectivity index (χ4v) is 1.57. The Labute approximate surface area is 87.4 Å². The molecule has 3 nitrogen and oxygen atoms in total. The summed E-state index contributed by atoms with van der Waals surface area (Å²) in [4.78, 5) is 0. The van der Waals surface area contributed by atoms with Gasteiger partial charge < -0.3 is 14.6 Å². The Balaban J connectivity index is 2.01. The minimum atomic E-state index is -0.503. The van der Waals surface area contributed by atoms with E-state index < -0.39 is 6.29 Å². The van der Waals surface area contributed by atoms with Gasteiger partial charge in [-0.1, -0.05) is 12.1 Å². The second-order valence-corrected chi connectivity index (χ2v) is 3.49. The molecule has 1 aromatic carbocycles. The fourth-order valence-electron chi connectivity index (χ4n) is 1.57. The minimum Gasteiger partial charge on any atom is -0.396 e. The first kappa shape index (κ1) is 10.5. The van der Waals surface area contributed by atoms with E-state index in [-0.39, 0.29) is 18.5 Å². The highest BCUT2D eigenvalue weighted by molar-refractivity contribution is 5.18. The maximum Gasteiger partial charge on any atom is 0.184 e. The molecule has 0 radical (unpaired) electrons. The molecule has 2 atom stereocenters. The Morgan fingerprint density at radius 2 is 2.33 bits per heavy atom. The lowest BCUT2D eigenvalue weighted by Gasteiger charge is -2.10. The number of hydrogen-bond donors (Lipinski definition) is 1. The zero-order valence-electron chi connectivity index (χ0n) is 8.23. The summed E-state index contributed by atoms with van der Waals surface area (Å²) in [5.41, 5.74) is 0.676. The van der Waals surface area contributed by atoms with Crippen LogP contribution in [0, 0.1) is 5.82 Å². The highest BCUT2D eigenvalue weighted by Gasteiger charge is 2.26. The fraction of sp³-hybridized carbons (Fsp3) is 0.455. The van der Waals surface area contributed by atoms with Gasteiger partial charge in [-0.3, -0.25) is 0 Å². The number of aliphatic hydroxyl groups excluding tert-OH is 1. The monoisotopic (exact) mass is 212 g/mol. The Morgan fingerprint density at radius 1 is 1.47 bits per heavy atom. The van der Waals surface area contributed by atoms with Crippen molar-refractivity contribution < 1.29 is 19.0 Å². The van der Waals surface area contributed by atoms with Crippen molar-refractivity contribution in [1.29, 1.82) is 0 Å². The Hall–Kier alpha value is -0.970. The predicted octanol–water partition coefficient (Wildman–Crippen LogP) is 1.62. The van der Waals surface area contributed by atoms with Crippen molar-refractivity contribution in [3.05, 3.63) is 35.6 Å². The van der Waals surface area contributed by atoms with Crippen molar-refractivity contribution in [3.8, 4) is 0 Å². The summed E-state index contributed by atoms with van der Waals surface area (Å²) < 4.78 is 23.8. The molecular weight excluding hydrogens is 199 g/mol. The molecule has 1 saturated heterocycles. The average molecular weight is 212 g/mol. The summed E-state index contributed by atoms with van der Waals surface area (Å²) in [5, 5.41) is 8.73. The van der Waals surface area contributed by atoms with Gasteiger partial charge in [0, 0.05) is 12.2 Å². The van der Waals surface area contributed by atoms with Crippen LogP contribution in [-0.2, 0) is 9.47 Å². The Morgan fingerprint density at radius 3 is 3.07 bits per heavy atom. The molecule has 0 saturated carbocycles. The van der Waals surface area contributed by atoms with E-state index in [1.165, 1.54) is 12.1 Å². The van der Waals surface area contributed by atoms with E-state index in [0.717, 1.165) is 0 Å². The molecule has 1 aliphatic heterocycles. The number of ether oxygens (including phenoxy) is 2. The third kappa shape index (κ3) is 2.53. The van der Waals surface area contributed by atoms with Crippen molar-refractivity contribution >= 4 is 0 Å². The second kappa shape index (κ2) is 4.70. The van der Waals surface area contributed by atoms with Crippen LogP contribution in [0.5, 0.6) is 0 Å². The number of hydrogen-bond acceptors (Lipinski definition) is 3. The third-order valence-corrected chi connectivity index (χ3v) is 2.32. The van der Waals surface area contributed by atoms with Gasteiger partial charge >= 0.3 is 0 Å². The minimum absolute atomic E-state index is 0.0733. The predicted molar refractivity (Wildman–Crippen MR) is 51.7 cm³/mol. The van der Waals surface area contributed by atoms with Crippen molar-refractivity contribution in [2.45, 2.75) is 18.8 Å². The summed E-state index contributed by atoms with van der Waals surface area (Å²) in [6.07, 6.45) is -0.0493. The zero-order valence-corrected chi connectivity index (χ0v) is 8.23. The maximum absolute atomic E-state index is 12.9. The summed E-state index contributed by atoms with van der Waals surface area (Å²) in [5.74, 6) is -0.301.